The van der Waals surface area contributed by atoms with Crippen LogP contribution in [0.15, 0.2) is 24.3 Å². The van der Waals surface area contributed by atoms with Gasteiger partial charge in [0.1, 0.15) is 11.2 Å². The summed E-state index contributed by atoms with van der Waals surface area (Å²) in [6.07, 6.45) is 1.88. The van der Waals surface area contributed by atoms with Gasteiger partial charge in [-0.2, -0.15) is 0 Å². The van der Waals surface area contributed by atoms with E-state index in [1.54, 1.807) is 21.9 Å². The molecule has 1 aromatic carbocycles. The highest BCUT2D eigenvalue weighted by molar-refractivity contribution is 6.07. The van der Waals surface area contributed by atoms with Gasteiger partial charge < -0.3 is 15.1 Å². The molecule has 1 saturated carbocycles. The van der Waals surface area contributed by atoms with Gasteiger partial charge in [-0.15, -0.1) is 0 Å². The van der Waals surface area contributed by atoms with Gasteiger partial charge in [-0.3, -0.25) is 14.4 Å². The normalized spacial score (nSPS) is 18.9. The van der Waals surface area contributed by atoms with Crippen molar-refractivity contribution in [2.45, 2.75) is 19.4 Å². The summed E-state index contributed by atoms with van der Waals surface area (Å²) in [5.74, 6) is -0.743. The lowest BCUT2D eigenvalue weighted by molar-refractivity contribution is -0.146. The van der Waals surface area contributed by atoms with Crippen LogP contribution in [-0.2, 0) is 20.9 Å². The maximum atomic E-state index is 12.9. The number of benzene rings is 1. The Balaban J connectivity index is 1.56. The van der Waals surface area contributed by atoms with Crippen LogP contribution in [0, 0.1) is 11.2 Å². The second-order valence-corrected chi connectivity index (χ2v) is 6.32. The molecule has 1 heterocycles. The molecule has 6 nitrogen and oxygen atoms in total. The first-order valence-electron chi connectivity index (χ1n) is 8.07. The summed E-state index contributed by atoms with van der Waals surface area (Å²) < 4.78 is 12.9. The summed E-state index contributed by atoms with van der Waals surface area (Å²) in [6, 6.07) is 5.89. The van der Waals surface area contributed by atoms with E-state index in [1.807, 2.05) is 0 Å². The third-order valence-corrected chi connectivity index (χ3v) is 4.71. The first-order valence-corrected chi connectivity index (χ1v) is 8.07. The second-order valence-electron chi connectivity index (χ2n) is 6.32. The second kappa shape index (κ2) is 6.59. The van der Waals surface area contributed by atoms with E-state index in [-0.39, 0.29) is 24.2 Å². The van der Waals surface area contributed by atoms with Gasteiger partial charge in [0.05, 0.1) is 0 Å². The molecule has 1 saturated heterocycles. The minimum absolute atomic E-state index is 0.148. The first-order chi connectivity index (χ1) is 11.5. The molecule has 24 heavy (non-hydrogen) atoms. The minimum Gasteiger partial charge on any atom is -0.351 e. The van der Waals surface area contributed by atoms with E-state index in [1.165, 1.54) is 12.1 Å². The van der Waals surface area contributed by atoms with Crippen molar-refractivity contribution in [3.63, 3.8) is 0 Å². The summed E-state index contributed by atoms with van der Waals surface area (Å²) in [7, 11) is 0. The van der Waals surface area contributed by atoms with Gasteiger partial charge in [-0.25, -0.2) is 4.39 Å². The molecule has 2 aliphatic rings. The number of rotatable bonds is 5. The molecule has 1 aliphatic heterocycles. The Hall–Kier alpha value is -2.44. The van der Waals surface area contributed by atoms with Gasteiger partial charge in [0, 0.05) is 32.7 Å². The number of hydrogen-bond acceptors (Lipinski definition) is 3. The monoisotopic (exact) mass is 333 g/mol. The molecule has 1 aromatic rings. The Morgan fingerprint density at radius 3 is 2.29 bits per heavy atom. The van der Waals surface area contributed by atoms with Gasteiger partial charge in [0.2, 0.25) is 18.2 Å². The Morgan fingerprint density at radius 2 is 1.75 bits per heavy atom. The lowest BCUT2D eigenvalue weighted by Crippen LogP contribution is -2.52. The fourth-order valence-electron chi connectivity index (χ4n) is 2.95. The maximum Gasteiger partial charge on any atom is 0.238 e. The number of hydrogen-bond donors (Lipinski definition) is 1. The van der Waals surface area contributed by atoms with Crippen LogP contribution in [0.5, 0.6) is 0 Å². The number of nitrogens with zero attached hydrogens (tertiary/aromatic N) is 2. The van der Waals surface area contributed by atoms with Gasteiger partial charge >= 0.3 is 0 Å². The van der Waals surface area contributed by atoms with Crippen LogP contribution in [0.25, 0.3) is 0 Å². The van der Waals surface area contributed by atoms with Crippen molar-refractivity contribution >= 4 is 18.2 Å². The lowest BCUT2D eigenvalue weighted by Gasteiger charge is -2.34. The molecule has 3 amide bonds. The standard InChI is InChI=1S/C17H20FN3O3/c18-14-3-1-13(2-4-14)11-19-15(23)17(5-6-17)16(24)21-9-7-20(12-22)8-10-21/h1-4,12H,5-11H2,(H,19,23). The van der Waals surface area contributed by atoms with Crippen molar-refractivity contribution in [1.82, 2.24) is 15.1 Å². The number of carbonyl (C=O) groups is 3. The molecular weight excluding hydrogens is 313 g/mol. The summed E-state index contributed by atoms with van der Waals surface area (Å²) in [4.78, 5) is 39.2. The van der Waals surface area contributed by atoms with Gasteiger partial charge in [0.15, 0.2) is 0 Å². The maximum absolute atomic E-state index is 12.9. The topological polar surface area (TPSA) is 69.7 Å². The quantitative estimate of drug-likeness (QED) is 0.631. The number of nitrogens with one attached hydrogen (secondary N) is 1. The molecule has 0 spiro atoms. The fourth-order valence-corrected chi connectivity index (χ4v) is 2.95. The van der Waals surface area contributed by atoms with Crippen LogP contribution in [0.1, 0.15) is 18.4 Å². The molecule has 1 aliphatic carbocycles. The SMILES string of the molecule is O=CN1CCN(C(=O)C2(C(=O)NCc3ccc(F)cc3)CC2)CC1. The molecule has 0 aromatic heterocycles. The number of amides is 3. The fraction of sp³-hybridized carbons (Fsp3) is 0.471. The number of piperazine rings is 1. The van der Waals surface area contributed by atoms with E-state index in [0.29, 0.717) is 39.0 Å². The summed E-state index contributed by atoms with van der Waals surface area (Å²) in [5, 5.41) is 2.79. The van der Waals surface area contributed by atoms with E-state index in [9.17, 15) is 18.8 Å². The zero-order valence-corrected chi connectivity index (χ0v) is 13.3. The zero-order chi connectivity index (χ0) is 17.2. The zero-order valence-electron chi connectivity index (χ0n) is 13.3. The Bertz CT molecular complexity index is 635. The minimum atomic E-state index is -0.955. The summed E-state index contributed by atoms with van der Waals surface area (Å²) in [5.41, 5.74) is -0.170. The molecule has 0 bridgehead atoms. The van der Waals surface area contributed by atoms with Crippen molar-refractivity contribution in [3.8, 4) is 0 Å². The van der Waals surface area contributed by atoms with Crippen LogP contribution >= 0.6 is 0 Å². The number of halogens is 1. The molecule has 128 valence electrons. The van der Waals surface area contributed by atoms with Crippen molar-refractivity contribution < 1.29 is 18.8 Å². The van der Waals surface area contributed by atoms with E-state index in [0.717, 1.165) is 12.0 Å². The summed E-state index contributed by atoms with van der Waals surface area (Å²) >= 11 is 0. The largest absolute Gasteiger partial charge is 0.351 e. The van der Waals surface area contributed by atoms with Gasteiger partial charge in [-0.05, 0) is 30.5 Å². The highest BCUT2D eigenvalue weighted by Crippen LogP contribution is 2.47. The highest BCUT2D eigenvalue weighted by atomic mass is 19.1. The molecule has 7 heteroatoms. The van der Waals surface area contributed by atoms with Gasteiger partial charge in [0.25, 0.3) is 0 Å². The highest BCUT2D eigenvalue weighted by Gasteiger charge is 2.58. The third-order valence-electron chi connectivity index (χ3n) is 4.71. The smallest absolute Gasteiger partial charge is 0.238 e. The van der Waals surface area contributed by atoms with Crippen LogP contribution in [0.3, 0.4) is 0 Å². The van der Waals surface area contributed by atoms with Gasteiger partial charge in [-0.1, -0.05) is 12.1 Å². The van der Waals surface area contributed by atoms with Crippen LogP contribution in [-0.4, -0.2) is 54.2 Å². The van der Waals surface area contributed by atoms with E-state index >= 15 is 0 Å². The van der Waals surface area contributed by atoms with Crippen molar-refractivity contribution in [2.75, 3.05) is 26.2 Å². The lowest BCUT2D eigenvalue weighted by atomic mass is 10.0. The summed E-state index contributed by atoms with van der Waals surface area (Å²) in [6.45, 7) is 2.20. The Kier molecular flexibility index (Phi) is 4.51. The van der Waals surface area contributed by atoms with E-state index in [4.69, 9.17) is 0 Å². The predicted molar refractivity (Wildman–Crippen MR) is 84.1 cm³/mol. The molecule has 1 N–H and O–H groups in total. The predicted octanol–water partition coefficient (Wildman–Crippen LogP) is 0.523. The first kappa shape index (κ1) is 16.4. The molecular formula is C17H20FN3O3. The average molecular weight is 333 g/mol. The van der Waals surface area contributed by atoms with Crippen molar-refractivity contribution in [2.24, 2.45) is 5.41 Å². The molecule has 3 rings (SSSR count). The number of carbonyl (C=O) groups excluding carboxylic acids is 3. The Labute approximate surface area is 139 Å². The van der Waals surface area contributed by atoms with Crippen LogP contribution in [0.2, 0.25) is 0 Å². The van der Waals surface area contributed by atoms with E-state index < -0.39 is 5.41 Å². The van der Waals surface area contributed by atoms with Crippen LogP contribution in [0.4, 0.5) is 4.39 Å². The third kappa shape index (κ3) is 3.25. The molecule has 2 fully saturated rings. The molecule has 0 unspecified atom stereocenters. The molecule has 0 radical (unpaired) electrons. The van der Waals surface area contributed by atoms with Crippen molar-refractivity contribution in [1.29, 1.82) is 0 Å². The molecule has 0 atom stereocenters. The Morgan fingerprint density at radius 1 is 1.12 bits per heavy atom. The van der Waals surface area contributed by atoms with E-state index in [2.05, 4.69) is 5.32 Å². The van der Waals surface area contributed by atoms with Crippen molar-refractivity contribution in [3.05, 3.63) is 35.6 Å². The van der Waals surface area contributed by atoms with Crippen LogP contribution < -0.4 is 5.32 Å². The average Bonchev–Trinajstić information content (AvgIpc) is 3.42.